The second-order valence-corrected chi connectivity index (χ2v) is 9.88. The summed E-state index contributed by atoms with van der Waals surface area (Å²) < 4.78 is 36.8. The number of hydrogen-bond acceptors (Lipinski definition) is 7. The number of amides is 3. The molecular formula is C29H28FN3O7. The minimum atomic E-state index is -0.612. The summed E-state index contributed by atoms with van der Waals surface area (Å²) in [7, 11) is 0. The van der Waals surface area contributed by atoms with Crippen LogP contribution in [0, 0.1) is 5.82 Å². The Bertz CT molecular complexity index is 1430. The fourth-order valence-electron chi connectivity index (χ4n) is 5.34. The molecule has 10 nitrogen and oxygen atoms in total. The quantitative estimate of drug-likeness (QED) is 0.352. The lowest BCUT2D eigenvalue weighted by Crippen LogP contribution is -2.47. The Morgan fingerprint density at radius 3 is 2.65 bits per heavy atom. The normalized spacial score (nSPS) is 22.1. The lowest BCUT2D eigenvalue weighted by Gasteiger charge is -2.37. The molecule has 0 unspecified atom stereocenters. The number of rotatable bonds is 7. The van der Waals surface area contributed by atoms with Gasteiger partial charge >= 0.3 is 6.03 Å². The number of aliphatic hydroxyl groups is 1. The molecule has 3 aromatic rings. The number of para-hydroxylation sites is 1. The van der Waals surface area contributed by atoms with Crippen LogP contribution < -0.4 is 30.2 Å². The first-order valence-corrected chi connectivity index (χ1v) is 13.0. The molecule has 0 aliphatic carbocycles. The van der Waals surface area contributed by atoms with Crippen LogP contribution >= 0.6 is 0 Å². The van der Waals surface area contributed by atoms with E-state index in [1.807, 2.05) is 18.2 Å². The van der Waals surface area contributed by atoms with E-state index in [2.05, 4.69) is 16.0 Å². The molecule has 11 heteroatoms. The van der Waals surface area contributed by atoms with Gasteiger partial charge < -0.3 is 40.0 Å². The SMILES string of the molecule is O=C(C[C@@H]1C[C@@H]2c3cc(NC(=O)Nc4ccccc4F)ccc3O[C@@H]2[C@H](CO)O1)NCc1ccc2c(c1)OCO2. The standard InChI is InChI=1S/C29H28FN3O7/c30-21-3-1-2-4-22(21)33-29(36)32-17-6-8-23-19(10-17)20-11-18(39-26(14-34)28(20)40-23)12-27(35)31-13-16-5-7-24-25(9-16)38-15-37-24/h1-10,18,20,26,28,34H,11-15H2,(H,31,35)(H2,32,33,36)/t18-,20+,26-,28-/m0/s1. The molecule has 0 spiro atoms. The lowest BCUT2D eigenvalue weighted by molar-refractivity contribution is -0.142. The zero-order valence-electron chi connectivity index (χ0n) is 21.4. The number of carbonyl (C=O) groups is 2. The number of ether oxygens (including phenoxy) is 4. The van der Waals surface area contributed by atoms with E-state index in [0.717, 1.165) is 11.1 Å². The average molecular weight is 550 g/mol. The number of halogens is 1. The summed E-state index contributed by atoms with van der Waals surface area (Å²) in [5.41, 5.74) is 2.30. The smallest absolute Gasteiger partial charge is 0.323 e. The zero-order valence-corrected chi connectivity index (χ0v) is 21.4. The Labute approximate surface area is 229 Å². The summed E-state index contributed by atoms with van der Waals surface area (Å²) >= 11 is 0. The molecule has 3 aliphatic heterocycles. The van der Waals surface area contributed by atoms with E-state index in [-0.39, 0.29) is 37.3 Å². The third-order valence-electron chi connectivity index (χ3n) is 7.22. The molecule has 4 N–H and O–H groups in total. The molecule has 3 amide bonds. The molecule has 1 fully saturated rings. The van der Waals surface area contributed by atoms with Crippen molar-refractivity contribution < 1.29 is 38.0 Å². The van der Waals surface area contributed by atoms with Crippen LogP contribution in [-0.4, -0.2) is 48.8 Å². The predicted molar refractivity (Wildman–Crippen MR) is 142 cm³/mol. The Morgan fingerprint density at radius 1 is 0.975 bits per heavy atom. The Morgan fingerprint density at radius 2 is 1.80 bits per heavy atom. The maximum atomic E-state index is 13.9. The molecular weight excluding hydrogens is 521 g/mol. The van der Waals surface area contributed by atoms with Crippen molar-refractivity contribution >= 4 is 23.3 Å². The van der Waals surface area contributed by atoms with Gasteiger partial charge in [0.05, 0.1) is 24.8 Å². The van der Waals surface area contributed by atoms with Crippen molar-refractivity contribution in [1.29, 1.82) is 0 Å². The molecule has 6 rings (SSSR count). The van der Waals surface area contributed by atoms with E-state index in [1.54, 1.807) is 30.3 Å². The molecule has 208 valence electrons. The van der Waals surface area contributed by atoms with Gasteiger partial charge in [-0.3, -0.25) is 4.79 Å². The molecule has 3 aromatic carbocycles. The van der Waals surface area contributed by atoms with Crippen LogP contribution in [0.1, 0.15) is 29.9 Å². The van der Waals surface area contributed by atoms with Gasteiger partial charge in [0, 0.05) is 23.7 Å². The van der Waals surface area contributed by atoms with Gasteiger partial charge in [0.25, 0.3) is 0 Å². The first kappa shape index (κ1) is 25.9. The first-order chi connectivity index (χ1) is 19.5. The van der Waals surface area contributed by atoms with E-state index in [4.69, 9.17) is 18.9 Å². The topological polar surface area (TPSA) is 127 Å². The van der Waals surface area contributed by atoms with Crippen molar-refractivity contribution in [1.82, 2.24) is 5.32 Å². The highest BCUT2D eigenvalue weighted by Gasteiger charge is 2.46. The molecule has 0 radical (unpaired) electrons. The zero-order chi connectivity index (χ0) is 27.6. The highest BCUT2D eigenvalue weighted by Crippen LogP contribution is 2.47. The van der Waals surface area contributed by atoms with Gasteiger partial charge in [-0.15, -0.1) is 0 Å². The number of benzene rings is 3. The molecule has 3 heterocycles. The van der Waals surface area contributed by atoms with E-state index < -0.39 is 30.2 Å². The molecule has 0 bridgehead atoms. The van der Waals surface area contributed by atoms with Crippen LogP contribution in [0.25, 0.3) is 0 Å². The third kappa shape index (κ3) is 5.38. The van der Waals surface area contributed by atoms with E-state index >= 15 is 0 Å². The lowest BCUT2D eigenvalue weighted by atomic mass is 9.84. The summed E-state index contributed by atoms with van der Waals surface area (Å²) in [6.07, 6.45) is -0.862. The number of nitrogens with one attached hydrogen (secondary N) is 3. The van der Waals surface area contributed by atoms with Crippen molar-refractivity contribution in [3.8, 4) is 17.2 Å². The highest BCUT2D eigenvalue weighted by molar-refractivity contribution is 6.00. The molecule has 1 saturated heterocycles. The fraction of sp³-hybridized carbons (Fsp3) is 0.310. The monoisotopic (exact) mass is 549 g/mol. The number of carbonyl (C=O) groups excluding carboxylic acids is 2. The number of anilines is 2. The molecule has 0 aromatic heterocycles. The van der Waals surface area contributed by atoms with Gasteiger partial charge in [-0.25, -0.2) is 9.18 Å². The number of hydrogen-bond donors (Lipinski definition) is 4. The fourth-order valence-corrected chi connectivity index (χ4v) is 5.34. The third-order valence-corrected chi connectivity index (χ3v) is 7.22. The van der Waals surface area contributed by atoms with Crippen molar-refractivity contribution in [2.75, 3.05) is 24.0 Å². The van der Waals surface area contributed by atoms with Gasteiger partial charge in [-0.05, 0) is 54.4 Å². The van der Waals surface area contributed by atoms with Crippen LogP contribution in [0.3, 0.4) is 0 Å². The van der Waals surface area contributed by atoms with Gasteiger partial charge in [-0.1, -0.05) is 18.2 Å². The minimum absolute atomic E-state index is 0.0689. The van der Waals surface area contributed by atoms with Crippen LogP contribution in [0.2, 0.25) is 0 Å². The maximum Gasteiger partial charge on any atom is 0.323 e. The summed E-state index contributed by atoms with van der Waals surface area (Å²) in [4.78, 5) is 25.3. The van der Waals surface area contributed by atoms with E-state index in [0.29, 0.717) is 35.9 Å². The number of fused-ring (bicyclic) bond motifs is 4. The van der Waals surface area contributed by atoms with Crippen molar-refractivity contribution in [2.24, 2.45) is 0 Å². The summed E-state index contributed by atoms with van der Waals surface area (Å²) in [6.45, 7) is 0.248. The molecule has 3 aliphatic rings. The van der Waals surface area contributed by atoms with Gasteiger partial charge in [0.1, 0.15) is 23.8 Å². The minimum Gasteiger partial charge on any atom is -0.487 e. The summed E-state index contributed by atoms with van der Waals surface area (Å²) in [6, 6.07) is 16.1. The highest BCUT2D eigenvalue weighted by atomic mass is 19.1. The first-order valence-electron chi connectivity index (χ1n) is 13.0. The Hall–Kier alpha value is -4.35. The Balaban J connectivity index is 1.09. The van der Waals surface area contributed by atoms with Crippen LogP contribution in [0.4, 0.5) is 20.6 Å². The maximum absolute atomic E-state index is 13.9. The largest absolute Gasteiger partial charge is 0.487 e. The predicted octanol–water partition coefficient (Wildman–Crippen LogP) is 3.90. The second kappa shape index (κ2) is 11.0. The van der Waals surface area contributed by atoms with Crippen molar-refractivity contribution in [3.63, 3.8) is 0 Å². The van der Waals surface area contributed by atoms with Crippen molar-refractivity contribution in [3.05, 3.63) is 77.6 Å². The van der Waals surface area contributed by atoms with Crippen LogP contribution in [-0.2, 0) is 16.1 Å². The van der Waals surface area contributed by atoms with Gasteiger partial charge in [0.2, 0.25) is 12.7 Å². The summed E-state index contributed by atoms with van der Waals surface area (Å²) in [5, 5.41) is 18.1. The van der Waals surface area contributed by atoms with Crippen LogP contribution in [0.15, 0.2) is 60.7 Å². The number of aliphatic hydroxyl groups excluding tert-OH is 1. The molecule has 40 heavy (non-hydrogen) atoms. The summed E-state index contributed by atoms with van der Waals surface area (Å²) in [5.74, 6) is 1.09. The average Bonchev–Trinajstić information content (AvgIpc) is 3.57. The van der Waals surface area contributed by atoms with Gasteiger partial charge in [-0.2, -0.15) is 0 Å². The van der Waals surface area contributed by atoms with Gasteiger partial charge in [0.15, 0.2) is 11.5 Å². The van der Waals surface area contributed by atoms with Crippen LogP contribution in [0.5, 0.6) is 17.2 Å². The van der Waals surface area contributed by atoms with E-state index in [1.165, 1.54) is 12.1 Å². The number of urea groups is 1. The second-order valence-electron chi connectivity index (χ2n) is 9.88. The van der Waals surface area contributed by atoms with E-state index in [9.17, 15) is 19.1 Å². The Kier molecular flexibility index (Phi) is 7.14. The molecule has 0 saturated carbocycles. The van der Waals surface area contributed by atoms with Crippen molar-refractivity contribution in [2.45, 2.75) is 43.6 Å². The molecule has 4 atom stereocenters.